The summed E-state index contributed by atoms with van der Waals surface area (Å²) >= 11 is 0. The van der Waals surface area contributed by atoms with Crippen molar-refractivity contribution < 1.29 is 9.59 Å². The zero-order valence-corrected chi connectivity index (χ0v) is 14.8. The molecule has 2 aromatic heterocycles. The van der Waals surface area contributed by atoms with E-state index in [2.05, 4.69) is 31.4 Å². The van der Waals surface area contributed by atoms with Crippen LogP contribution in [0.1, 0.15) is 26.4 Å². The van der Waals surface area contributed by atoms with Crippen LogP contribution < -0.4 is 10.9 Å². The highest BCUT2D eigenvalue weighted by Gasteiger charge is 2.13. The highest BCUT2D eigenvalue weighted by atomic mass is 16.2. The summed E-state index contributed by atoms with van der Waals surface area (Å²) < 4.78 is 1.47. The van der Waals surface area contributed by atoms with Gasteiger partial charge in [-0.3, -0.25) is 25.4 Å². The molecule has 0 bridgehead atoms. The van der Waals surface area contributed by atoms with E-state index in [4.69, 9.17) is 0 Å². The fourth-order valence-corrected chi connectivity index (χ4v) is 2.79. The number of carbonyl (C=O) groups excluding carboxylic acids is 2. The number of aryl methyl sites for hydroxylation is 1. The maximum atomic E-state index is 12.6. The maximum Gasteiger partial charge on any atom is 0.270 e. The van der Waals surface area contributed by atoms with Crippen LogP contribution in [0.3, 0.4) is 0 Å². The molecule has 0 saturated heterocycles. The number of hydrogen-bond donors (Lipinski definition) is 2. The minimum atomic E-state index is -0.438. The number of nitrogens with one attached hydrogen (secondary N) is 2. The molecule has 4 aromatic rings. The van der Waals surface area contributed by atoms with Gasteiger partial charge in [0, 0.05) is 16.6 Å². The van der Waals surface area contributed by atoms with Gasteiger partial charge in [0.05, 0.1) is 16.8 Å². The quantitative estimate of drug-likeness (QED) is 0.527. The van der Waals surface area contributed by atoms with Crippen molar-refractivity contribution in [2.24, 2.45) is 0 Å². The van der Waals surface area contributed by atoms with Crippen molar-refractivity contribution in [2.75, 3.05) is 0 Å². The van der Waals surface area contributed by atoms with Gasteiger partial charge in [0.25, 0.3) is 11.8 Å². The predicted octanol–water partition coefficient (Wildman–Crippen LogP) is 1.59. The summed E-state index contributed by atoms with van der Waals surface area (Å²) in [5, 5.41) is 11.6. The van der Waals surface area contributed by atoms with Crippen molar-refractivity contribution in [3.8, 4) is 5.69 Å². The van der Waals surface area contributed by atoms with E-state index in [1.54, 1.807) is 30.3 Å². The van der Waals surface area contributed by atoms with Gasteiger partial charge in [-0.25, -0.2) is 4.68 Å². The lowest BCUT2D eigenvalue weighted by atomic mass is 10.1. The number of rotatable bonds is 3. The van der Waals surface area contributed by atoms with E-state index in [0.717, 1.165) is 5.52 Å². The third-order valence-electron chi connectivity index (χ3n) is 4.12. The summed E-state index contributed by atoms with van der Waals surface area (Å²) in [5.74, 6) is -0.855. The Kier molecular flexibility index (Phi) is 4.47. The first-order chi connectivity index (χ1) is 13.6. The van der Waals surface area contributed by atoms with Gasteiger partial charge in [0.1, 0.15) is 6.33 Å². The third-order valence-corrected chi connectivity index (χ3v) is 4.12. The molecule has 28 heavy (non-hydrogen) atoms. The highest BCUT2D eigenvalue weighted by molar-refractivity contribution is 6.07. The average Bonchev–Trinajstić information content (AvgIpc) is 3.26. The maximum absolute atomic E-state index is 12.6. The van der Waals surface area contributed by atoms with Gasteiger partial charge in [-0.1, -0.05) is 18.2 Å². The van der Waals surface area contributed by atoms with Gasteiger partial charge in [0.2, 0.25) is 0 Å². The summed E-state index contributed by atoms with van der Waals surface area (Å²) in [6.45, 7) is 1.81. The number of tetrazole rings is 1. The fraction of sp³-hybridized carbons (Fsp3) is 0.0526. The Hall–Kier alpha value is -4.14. The van der Waals surface area contributed by atoms with Crippen molar-refractivity contribution in [1.82, 2.24) is 36.0 Å². The Morgan fingerprint density at radius 1 is 0.964 bits per heavy atom. The van der Waals surface area contributed by atoms with E-state index < -0.39 is 11.8 Å². The average molecular weight is 373 g/mol. The fourth-order valence-electron chi connectivity index (χ4n) is 2.79. The van der Waals surface area contributed by atoms with Gasteiger partial charge < -0.3 is 0 Å². The molecule has 0 spiro atoms. The SMILES string of the molecule is Cc1cc(C(=O)NNC(=O)c2ccc(-n3cnnn3)cc2)c2ccccc2n1. The topological polar surface area (TPSA) is 115 Å². The predicted molar refractivity (Wildman–Crippen MR) is 101 cm³/mol. The van der Waals surface area contributed by atoms with Crippen LogP contribution in [0, 0.1) is 6.92 Å². The summed E-state index contributed by atoms with van der Waals surface area (Å²) in [4.78, 5) is 29.3. The molecule has 0 aliphatic carbocycles. The van der Waals surface area contributed by atoms with Crippen LogP contribution in [0.25, 0.3) is 16.6 Å². The number of fused-ring (bicyclic) bond motifs is 1. The van der Waals surface area contributed by atoms with Crippen molar-refractivity contribution in [2.45, 2.75) is 6.92 Å². The van der Waals surface area contributed by atoms with Gasteiger partial charge in [-0.2, -0.15) is 0 Å². The normalized spacial score (nSPS) is 10.6. The summed E-state index contributed by atoms with van der Waals surface area (Å²) in [6, 6.07) is 15.7. The molecule has 9 nitrogen and oxygen atoms in total. The number of carbonyl (C=O) groups is 2. The van der Waals surface area contributed by atoms with Crippen molar-refractivity contribution >= 4 is 22.7 Å². The number of nitrogens with zero attached hydrogens (tertiary/aromatic N) is 5. The molecule has 0 saturated carbocycles. The first-order valence-electron chi connectivity index (χ1n) is 8.42. The molecule has 0 unspecified atom stereocenters. The number of pyridine rings is 1. The van der Waals surface area contributed by atoms with Crippen molar-refractivity contribution in [3.05, 3.63) is 77.7 Å². The molecule has 0 radical (unpaired) electrons. The zero-order chi connectivity index (χ0) is 19.5. The minimum absolute atomic E-state index is 0.382. The number of amides is 2. The number of hydrogen-bond acceptors (Lipinski definition) is 6. The van der Waals surface area contributed by atoms with Crippen LogP contribution in [-0.4, -0.2) is 37.0 Å². The second-order valence-corrected chi connectivity index (χ2v) is 6.04. The Labute approximate surface area is 159 Å². The number of benzene rings is 2. The molecular weight excluding hydrogens is 358 g/mol. The Morgan fingerprint density at radius 3 is 2.46 bits per heavy atom. The Bertz CT molecular complexity index is 1150. The first kappa shape index (κ1) is 17.3. The van der Waals surface area contributed by atoms with Crippen LogP contribution in [0.15, 0.2) is 60.9 Å². The molecule has 9 heteroatoms. The molecule has 2 N–H and O–H groups in total. The summed E-state index contributed by atoms with van der Waals surface area (Å²) in [7, 11) is 0. The zero-order valence-electron chi connectivity index (χ0n) is 14.8. The third kappa shape index (κ3) is 3.40. The number of para-hydroxylation sites is 1. The van der Waals surface area contributed by atoms with E-state index in [9.17, 15) is 9.59 Å². The highest BCUT2D eigenvalue weighted by Crippen LogP contribution is 2.18. The lowest BCUT2D eigenvalue weighted by Crippen LogP contribution is -2.41. The summed E-state index contributed by atoms with van der Waals surface area (Å²) in [6.07, 6.45) is 1.45. The van der Waals surface area contributed by atoms with Crippen LogP contribution in [0.2, 0.25) is 0 Å². The molecule has 2 amide bonds. The molecule has 0 aliphatic rings. The van der Waals surface area contributed by atoms with Gasteiger partial charge in [-0.05, 0) is 53.7 Å². The second kappa shape index (κ2) is 7.23. The molecule has 4 rings (SSSR count). The van der Waals surface area contributed by atoms with Crippen LogP contribution in [0.5, 0.6) is 0 Å². The molecule has 2 heterocycles. The van der Waals surface area contributed by atoms with Gasteiger partial charge in [0.15, 0.2) is 0 Å². The number of hydrazine groups is 1. The molecule has 0 aliphatic heterocycles. The Balaban J connectivity index is 1.47. The lowest BCUT2D eigenvalue weighted by molar-refractivity contribution is 0.0847. The summed E-state index contributed by atoms with van der Waals surface area (Å²) in [5.41, 5.74) is 7.86. The Morgan fingerprint density at radius 2 is 1.71 bits per heavy atom. The van der Waals surface area contributed by atoms with E-state index in [1.165, 1.54) is 11.0 Å². The van der Waals surface area contributed by atoms with Crippen molar-refractivity contribution in [1.29, 1.82) is 0 Å². The van der Waals surface area contributed by atoms with E-state index >= 15 is 0 Å². The van der Waals surface area contributed by atoms with Gasteiger partial charge in [-0.15, -0.1) is 5.10 Å². The van der Waals surface area contributed by atoms with E-state index in [1.807, 2.05) is 31.2 Å². The minimum Gasteiger partial charge on any atom is -0.267 e. The second-order valence-electron chi connectivity index (χ2n) is 6.04. The lowest BCUT2D eigenvalue weighted by Gasteiger charge is -2.10. The van der Waals surface area contributed by atoms with E-state index in [0.29, 0.717) is 27.9 Å². The largest absolute Gasteiger partial charge is 0.270 e. The first-order valence-corrected chi connectivity index (χ1v) is 8.42. The number of aromatic nitrogens is 5. The van der Waals surface area contributed by atoms with Crippen molar-refractivity contribution in [3.63, 3.8) is 0 Å². The monoisotopic (exact) mass is 373 g/mol. The molecule has 2 aromatic carbocycles. The molecule has 0 atom stereocenters. The standard InChI is InChI=1S/C19H15N7O2/c1-12-10-16(15-4-2-3-5-17(15)21-12)19(28)23-22-18(27)13-6-8-14(9-7-13)26-11-20-24-25-26/h2-11H,1H3,(H,22,27)(H,23,28). The van der Waals surface area contributed by atoms with Crippen LogP contribution in [-0.2, 0) is 0 Å². The molecule has 138 valence electrons. The molecule has 0 fully saturated rings. The van der Waals surface area contributed by atoms with E-state index in [-0.39, 0.29) is 0 Å². The van der Waals surface area contributed by atoms with Gasteiger partial charge >= 0.3 is 0 Å². The van der Waals surface area contributed by atoms with Crippen LogP contribution >= 0.6 is 0 Å². The smallest absolute Gasteiger partial charge is 0.267 e. The molecular formula is C19H15N7O2. The van der Waals surface area contributed by atoms with Crippen LogP contribution in [0.4, 0.5) is 0 Å².